The fraction of sp³-hybridized carbons (Fsp3) is 0.455. The number of nitrogens with one attached hydrogen (secondary N) is 1. The lowest BCUT2D eigenvalue weighted by atomic mass is 9.74. The van der Waals surface area contributed by atoms with Gasteiger partial charge in [-0.15, -0.1) is 0 Å². The molecule has 1 aliphatic heterocycles. The molecular formula is C22H28N2O3. The van der Waals surface area contributed by atoms with E-state index in [0.29, 0.717) is 26.2 Å². The van der Waals surface area contributed by atoms with Crippen LogP contribution >= 0.6 is 0 Å². The third-order valence-electron chi connectivity index (χ3n) is 5.21. The average Bonchev–Trinajstić information content (AvgIpc) is 2.70. The summed E-state index contributed by atoms with van der Waals surface area (Å²) in [6.07, 6.45) is 5.77. The van der Waals surface area contributed by atoms with Crippen molar-refractivity contribution < 1.29 is 14.3 Å². The smallest absolute Gasteiger partial charge is 0.227 e. The molecule has 0 radical (unpaired) electrons. The first-order chi connectivity index (χ1) is 13.1. The second-order valence-corrected chi connectivity index (χ2v) is 7.34. The third kappa shape index (κ3) is 4.93. The standard InChI is InChI=1S/C22H28N2O3/c1-17(16-26-2)24-21(25)22(8-12-27-13-9-22)15-18-4-3-5-20(14-18)19-6-10-23-11-7-19/h3-7,10-11,14,17H,8-9,12-13,15-16H2,1-2H3,(H,24,25)/t17-/m0/s1. The molecule has 1 aromatic heterocycles. The maximum absolute atomic E-state index is 13.1. The number of carbonyl (C=O) groups is 1. The van der Waals surface area contributed by atoms with Gasteiger partial charge < -0.3 is 14.8 Å². The topological polar surface area (TPSA) is 60.5 Å². The van der Waals surface area contributed by atoms with Gasteiger partial charge in [0.1, 0.15) is 0 Å². The molecule has 1 aliphatic rings. The van der Waals surface area contributed by atoms with Crippen molar-refractivity contribution in [3.05, 3.63) is 54.4 Å². The summed E-state index contributed by atoms with van der Waals surface area (Å²) in [5, 5.41) is 3.13. The lowest BCUT2D eigenvalue weighted by Crippen LogP contribution is -2.49. The zero-order chi connectivity index (χ0) is 19.1. The summed E-state index contributed by atoms with van der Waals surface area (Å²) < 4.78 is 10.7. The van der Waals surface area contributed by atoms with Gasteiger partial charge in [-0.05, 0) is 55.0 Å². The van der Waals surface area contributed by atoms with E-state index >= 15 is 0 Å². The van der Waals surface area contributed by atoms with Crippen molar-refractivity contribution in [1.82, 2.24) is 10.3 Å². The van der Waals surface area contributed by atoms with Crippen LogP contribution in [0.2, 0.25) is 0 Å². The van der Waals surface area contributed by atoms with Gasteiger partial charge in [0.15, 0.2) is 0 Å². The number of hydrogen-bond donors (Lipinski definition) is 1. The first-order valence-corrected chi connectivity index (χ1v) is 9.50. The van der Waals surface area contributed by atoms with Crippen LogP contribution in [0.1, 0.15) is 25.3 Å². The van der Waals surface area contributed by atoms with Crippen molar-refractivity contribution in [2.24, 2.45) is 5.41 Å². The number of methoxy groups -OCH3 is 1. The van der Waals surface area contributed by atoms with E-state index in [2.05, 4.69) is 34.6 Å². The fourth-order valence-corrected chi connectivity index (χ4v) is 3.71. The van der Waals surface area contributed by atoms with E-state index in [9.17, 15) is 4.79 Å². The molecule has 1 atom stereocenters. The summed E-state index contributed by atoms with van der Waals surface area (Å²) in [7, 11) is 1.65. The van der Waals surface area contributed by atoms with E-state index in [0.717, 1.165) is 24.0 Å². The summed E-state index contributed by atoms with van der Waals surface area (Å²) in [6.45, 7) is 3.72. The molecule has 5 heteroatoms. The molecule has 0 spiro atoms. The lowest BCUT2D eigenvalue weighted by molar-refractivity contribution is -0.137. The molecule has 3 rings (SSSR count). The van der Waals surface area contributed by atoms with Crippen LogP contribution in [0.4, 0.5) is 0 Å². The summed E-state index contributed by atoms with van der Waals surface area (Å²) in [6, 6.07) is 12.4. The monoisotopic (exact) mass is 368 g/mol. The first kappa shape index (κ1) is 19.5. The Hall–Kier alpha value is -2.24. The Balaban J connectivity index is 1.81. The molecule has 1 fully saturated rings. The molecule has 27 heavy (non-hydrogen) atoms. The minimum absolute atomic E-state index is 0.00891. The fourth-order valence-electron chi connectivity index (χ4n) is 3.71. The molecular weight excluding hydrogens is 340 g/mol. The van der Waals surface area contributed by atoms with Crippen LogP contribution in [-0.2, 0) is 20.7 Å². The molecule has 0 unspecified atom stereocenters. The van der Waals surface area contributed by atoms with Gasteiger partial charge >= 0.3 is 0 Å². The van der Waals surface area contributed by atoms with Crippen LogP contribution in [0.25, 0.3) is 11.1 Å². The van der Waals surface area contributed by atoms with Crippen LogP contribution in [0.15, 0.2) is 48.8 Å². The molecule has 1 aromatic carbocycles. The quantitative estimate of drug-likeness (QED) is 0.815. The zero-order valence-corrected chi connectivity index (χ0v) is 16.1. The van der Waals surface area contributed by atoms with Crippen molar-refractivity contribution >= 4 is 5.91 Å². The SMILES string of the molecule is COC[C@H](C)NC(=O)C1(Cc2cccc(-c3ccncc3)c2)CCOCC1. The Labute approximate surface area is 161 Å². The van der Waals surface area contributed by atoms with Gasteiger partial charge in [0.25, 0.3) is 0 Å². The molecule has 0 saturated carbocycles. The van der Waals surface area contributed by atoms with Crippen LogP contribution < -0.4 is 5.32 Å². The molecule has 1 saturated heterocycles. The number of ether oxygens (including phenoxy) is 2. The van der Waals surface area contributed by atoms with Gasteiger partial charge in [-0.25, -0.2) is 0 Å². The summed E-state index contributed by atoms with van der Waals surface area (Å²) in [4.78, 5) is 17.2. The molecule has 144 valence electrons. The number of rotatable bonds is 7. The van der Waals surface area contributed by atoms with Crippen LogP contribution in [-0.4, -0.2) is 43.9 Å². The van der Waals surface area contributed by atoms with Crippen LogP contribution in [0.3, 0.4) is 0 Å². The number of nitrogens with zero attached hydrogens (tertiary/aromatic N) is 1. The van der Waals surface area contributed by atoms with Gasteiger partial charge in [-0.2, -0.15) is 0 Å². The molecule has 0 bridgehead atoms. The highest BCUT2D eigenvalue weighted by Crippen LogP contribution is 2.35. The maximum Gasteiger partial charge on any atom is 0.227 e. The molecule has 1 amide bonds. The number of hydrogen-bond acceptors (Lipinski definition) is 4. The minimum atomic E-state index is -0.433. The van der Waals surface area contributed by atoms with E-state index in [1.165, 1.54) is 5.56 Å². The lowest BCUT2D eigenvalue weighted by Gasteiger charge is -2.37. The molecule has 2 heterocycles. The number of carbonyl (C=O) groups excluding carboxylic acids is 1. The normalized spacial score (nSPS) is 17.3. The highest BCUT2D eigenvalue weighted by molar-refractivity contribution is 5.83. The largest absolute Gasteiger partial charge is 0.383 e. The maximum atomic E-state index is 13.1. The Kier molecular flexibility index (Phi) is 6.58. The Bertz CT molecular complexity index is 742. The van der Waals surface area contributed by atoms with Crippen molar-refractivity contribution in [1.29, 1.82) is 0 Å². The molecule has 5 nitrogen and oxygen atoms in total. The van der Waals surface area contributed by atoms with Crippen LogP contribution in [0, 0.1) is 5.41 Å². The first-order valence-electron chi connectivity index (χ1n) is 9.50. The highest BCUT2D eigenvalue weighted by atomic mass is 16.5. The van der Waals surface area contributed by atoms with Gasteiger partial charge in [0.05, 0.1) is 12.0 Å². The van der Waals surface area contributed by atoms with Crippen molar-refractivity contribution in [3.8, 4) is 11.1 Å². The Morgan fingerprint density at radius 3 is 2.67 bits per heavy atom. The van der Waals surface area contributed by atoms with Crippen molar-refractivity contribution in [2.75, 3.05) is 26.9 Å². The Morgan fingerprint density at radius 1 is 1.22 bits per heavy atom. The summed E-state index contributed by atoms with van der Waals surface area (Å²) in [5.74, 6) is 0.102. The molecule has 1 N–H and O–H groups in total. The van der Waals surface area contributed by atoms with Gasteiger partial charge in [-0.3, -0.25) is 9.78 Å². The van der Waals surface area contributed by atoms with Gasteiger partial charge in [-0.1, -0.05) is 24.3 Å². The second kappa shape index (κ2) is 9.11. The summed E-state index contributed by atoms with van der Waals surface area (Å²) in [5.41, 5.74) is 3.01. The Morgan fingerprint density at radius 2 is 1.96 bits per heavy atom. The van der Waals surface area contributed by atoms with E-state index in [-0.39, 0.29) is 11.9 Å². The van der Waals surface area contributed by atoms with E-state index < -0.39 is 5.41 Å². The van der Waals surface area contributed by atoms with Crippen molar-refractivity contribution in [2.45, 2.75) is 32.2 Å². The van der Waals surface area contributed by atoms with E-state index in [4.69, 9.17) is 9.47 Å². The number of pyridine rings is 1. The average molecular weight is 368 g/mol. The van der Waals surface area contributed by atoms with E-state index in [1.54, 1.807) is 19.5 Å². The van der Waals surface area contributed by atoms with Gasteiger partial charge in [0.2, 0.25) is 5.91 Å². The number of benzene rings is 1. The van der Waals surface area contributed by atoms with Crippen molar-refractivity contribution in [3.63, 3.8) is 0 Å². The molecule has 2 aromatic rings. The number of aromatic nitrogens is 1. The zero-order valence-electron chi connectivity index (χ0n) is 16.1. The summed E-state index contributed by atoms with van der Waals surface area (Å²) >= 11 is 0. The van der Waals surface area contributed by atoms with Crippen LogP contribution in [0.5, 0.6) is 0 Å². The van der Waals surface area contributed by atoms with E-state index in [1.807, 2.05) is 19.1 Å². The predicted molar refractivity (Wildman–Crippen MR) is 105 cm³/mol. The molecule has 0 aliphatic carbocycles. The van der Waals surface area contributed by atoms with Gasteiger partial charge in [0, 0.05) is 38.8 Å². The highest BCUT2D eigenvalue weighted by Gasteiger charge is 2.40. The minimum Gasteiger partial charge on any atom is -0.383 e. The number of amides is 1. The second-order valence-electron chi connectivity index (χ2n) is 7.34. The predicted octanol–water partition coefficient (Wildman–Crippen LogP) is 3.24. The third-order valence-corrected chi connectivity index (χ3v) is 5.21.